The molecule has 2 aliphatic rings. The first-order valence-electron chi connectivity index (χ1n) is 5.81. The van der Waals surface area contributed by atoms with Crippen LogP contribution in [0.5, 0.6) is 11.5 Å². The van der Waals surface area contributed by atoms with Gasteiger partial charge in [0.1, 0.15) is 0 Å². The van der Waals surface area contributed by atoms with Crippen molar-refractivity contribution in [3.63, 3.8) is 0 Å². The van der Waals surface area contributed by atoms with E-state index < -0.39 is 5.72 Å². The topological polar surface area (TPSA) is 54.3 Å². The van der Waals surface area contributed by atoms with Gasteiger partial charge in [-0.2, -0.15) is 0 Å². The van der Waals surface area contributed by atoms with E-state index in [4.69, 9.17) is 9.47 Å². The first-order chi connectivity index (χ1) is 9.16. The molecule has 0 aliphatic carbocycles. The van der Waals surface area contributed by atoms with Crippen molar-refractivity contribution >= 4 is 16.9 Å². The van der Waals surface area contributed by atoms with E-state index in [0.29, 0.717) is 23.6 Å². The number of hydrogen-bond acceptors (Lipinski definition) is 6. The molecule has 1 atom stereocenters. The smallest absolute Gasteiger partial charge is 0.203 e. The summed E-state index contributed by atoms with van der Waals surface area (Å²) in [5.41, 5.74) is -0.534. The van der Waals surface area contributed by atoms with Gasteiger partial charge in [-0.1, -0.05) is 17.8 Å². The summed E-state index contributed by atoms with van der Waals surface area (Å²) in [6.07, 6.45) is 1.92. The lowest BCUT2D eigenvalue weighted by atomic mass is 10.0. The molecule has 5 nitrogen and oxygen atoms in total. The van der Waals surface area contributed by atoms with Gasteiger partial charge >= 0.3 is 0 Å². The highest BCUT2D eigenvalue weighted by Gasteiger charge is 2.40. The number of hydrogen-bond donors (Lipinski definition) is 1. The van der Waals surface area contributed by atoms with Crippen LogP contribution in [0.2, 0.25) is 0 Å². The molecular formula is C13H14N2O3S. The first-order valence-corrected chi connectivity index (χ1v) is 6.69. The van der Waals surface area contributed by atoms with Gasteiger partial charge < -0.3 is 19.5 Å². The third kappa shape index (κ3) is 1.97. The number of fused-ring (bicyclic) bond motifs is 1. The molecule has 0 radical (unpaired) electrons. The molecule has 1 N–H and O–H groups in total. The van der Waals surface area contributed by atoms with Crippen LogP contribution in [0.1, 0.15) is 5.56 Å². The minimum atomic E-state index is -1.23. The van der Waals surface area contributed by atoms with E-state index in [1.165, 1.54) is 11.8 Å². The number of aliphatic hydroxyl groups is 1. The number of methoxy groups -OCH3 is 2. The molecule has 2 heterocycles. The second kappa shape index (κ2) is 4.47. The van der Waals surface area contributed by atoms with Crippen molar-refractivity contribution in [2.75, 3.05) is 20.8 Å². The van der Waals surface area contributed by atoms with Crippen LogP contribution in [0.3, 0.4) is 0 Å². The van der Waals surface area contributed by atoms with Crippen molar-refractivity contribution in [3.8, 4) is 11.5 Å². The highest BCUT2D eigenvalue weighted by atomic mass is 32.2. The van der Waals surface area contributed by atoms with Gasteiger partial charge in [-0.25, -0.2) is 4.99 Å². The Hall–Kier alpha value is -1.66. The Bertz CT molecular complexity index is 573. The lowest BCUT2D eigenvalue weighted by molar-refractivity contribution is 0.0477. The second-order valence-electron chi connectivity index (χ2n) is 4.31. The largest absolute Gasteiger partial charge is 0.493 e. The van der Waals surface area contributed by atoms with Gasteiger partial charge in [0.15, 0.2) is 16.7 Å². The molecule has 1 unspecified atom stereocenters. The number of rotatable bonds is 3. The fourth-order valence-electron chi connectivity index (χ4n) is 2.18. The molecule has 0 aromatic heterocycles. The molecule has 2 aliphatic heterocycles. The fraction of sp³-hybridized carbons (Fsp3) is 0.308. The van der Waals surface area contributed by atoms with Crippen LogP contribution in [0.15, 0.2) is 34.8 Å². The van der Waals surface area contributed by atoms with Gasteiger partial charge in [-0.15, -0.1) is 0 Å². The lowest BCUT2D eigenvalue weighted by Gasteiger charge is -2.22. The Morgan fingerprint density at radius 3 is 2.79 bits per heavy atom. The van der Waals surface area contributed by atoms with E-state index >= 15 is 0 Å². The fourth-order valence-corrected chi connectivity index (χ4v) is 2.97. The van der Waals surface area contributed by atoms with E-state index in [1.54, 1.807) is 26.4 Å². The van der Waals surface area contributed by atoms with Crippen molar-refractivity contribution < 1.29 is 14.6 Å². The molecule has 100 valence electrons. The number of aliphatic imine (C=N–C) groups is 1. The van der Waals surface area contributed by atoms with Crippen LogP contribution in [0, 0.1) is 0 Å². The predicted octanol–water partition coefficient (Wildman–Crippen LogP) is 1.74. The highest BCUT2D eigenvalue weighted by molar-refractivity contribution is 8.16. The molecular weight excluding hydrogens is 264 g/mol. The molecule has 0 saturated heterocycles. The standard InChI is InChI=1S/C13H14N2O3S/c1-17-10-4-3-9(7-11(10)18-2)13(16)8-15-5-6-19-12(15)14-13/h3-7,16H,8H2,1-2H3. The van der Waals surface area contributed by atoms with Gasteiger partial charge in [0.2, 0.25) is 5.72 Å². The van der Waals surface area contributed by atoms with Crippen molar-refractivity contribution in [1.29, 1.82) is 0 Å². The van der Waals surface area contributed by atoms with Crippen molar-refractivity contribution in [1.82, 2.24) is 4.90 Å². The predicted molar refractivity (Wildman–Crippen MR) is 74.3 cm³/mol. The molecule has 0 bridgehead atoms. The van der Waals surface area contributed by atoms with Gasteiger partial charge in [0.05, 0.1) is 20.8 Å². The molecule has 0 saturated carbocycles. The quantitative estimate of drug-likeness (QED) is 0.912. The summed E-state index contributed by atoms with van der Waals surface area (Å²) in [5.74, 6) is 1.22. The Labute approximate surface area is 115 Å². The van der Waals surface area contributed by atoms with E-state index in [1.807, 2.05) is 22.6 Å². The average Bonchev–Trinajstić information content (AvgIpc) is 2.96. The molecule has 1 aromatic carbocycles. The van der Waals surface area contributed by atoms with Crippen LogP contribution in [0.4, 0.5) is 0 Å². The SMILES string of the molecule is COc1ccc(C2(O)CN3C=CSC3=N2)cc1OC. The van der Waals surface area contributed by atoms with Crippen molar-refractivity contribution in [2.24, 2.45) is 4.99 Å². The number of nitrogens with zero attached hydrogens (tertiary/aromatic N) is 2. The van der Waals surface area contributed by atoms with Gasteiger partial charge in [0.25, 0.3) is 0 Å². The molecule has 1 aromatic rings. The summed E-state index contributed by atoms with van der Waals surface area (Å²) in [7, 11) is 3.16. The zero-order valence-corrected chi connectivity index (χ0v) is 11.5. The Morgan fingerprint density at radius 1 is 1.32 bits per heavy atom. The third-order valence-electron chi connectivity index (χ3n) is 3.18. The minimum absolute atomic E-state index is 0.418. The maximum Gasteiger partial charge on any atom is 0.203 e. The lowest BCUT2D eigenvalue weighted by Crippen LogP contribution is -2.29. The van der Waals surface area contributed by atoms with Gasteiger partial charge in [0, 0.05) is 11.8 Å². The van der Waals surface area contributed by atoms with E-state index in [0.717, 1.165) is 5.17 Å². The Kier molecular flexibility index (Phi) is 2.91. The summed E-state index contributed by atoms with van der Waals surface area (Å²) in [5, 5.41) is 13.4. The number of ether oxygens (including phenoxy) is 2. The van der Waals surface area contributed by atoms with Crippen LogP contribution in [-0.2, 0) is 5.72 Å². The normalized spacial score (nSPS) is 24.4. The molecule has 0 spiro atoms. The highest BCUT2D eigenvalue weighted by Crippen LogP contribution is 2.39. The minimum Gasteiger partial charge on any atom is -0.493 e. The van der Waals surface area contributed by atoms with Crippen molar-refractivity contribution in [2.45, 2.75) is 5.72 Å². The number of thioether (sulfide) groups is 1. The van der Waals surface area contributed by atoms with Crippen LogP contribution in [0.25, 0.3) is 0 Å². The van der Waals surface area contributed by atoms with Crippen LogP contribution < -0.4 is 9.47 Å². The monoisotopic (exact) mass is 278 g/mol. The maximum atomic E-state index is 10.7. The Morgan fingerprint density at radius 2 is 2.11 bits per heavy atom. The van der Waals surface area contributed by atoms with E-state index in [2.05, 4.69) is 4.99 Å². The first kappa shape index (κ1) is 12.4. The van der Waals surface area contributed by atoms with Crippen molar-refractivity contribution in [3.05, 3.63) is 35.4 Å². The molecule has 0 fully saturated rings. The molecule has 19 heavy (non-hydrogen) atoms. The zero-order valence-electron chi connectivity index (χ0n) is 10.7. The van der Waals surface area contributed by atoms with Gasteiger partial charge in [-0.3, -0.25) is 0 Å². The van der Waals surface area contributed by atoms with E-state index in [9.17, 15) is 5.11 Å². The summed E-state index contributed by atoms with van der Waals surface area (Å²) in [4.78, 5) is 6.32. The third-order valence-corrected chi connectivity index (χ3v) is 3.97. The molecule has 3 rings (SSSR count). The van der Waals surface area contributed by atoms with Crippen LogP contribution >= 0.6 is 11.8 Å². The maximum absolute atomic E-state index is 10.7. The molecule has 6 heteroatoms. The van der Waals surface area contributed by atoms with Crippen LogP contribution in [-0.4, -0.2) is 35.9 Å². The van der Waals surface area contributed by atoms with Gasteiger partial charge in [-0.05, 0) is 17.5 Å². The van der Waals surface area contributed by atoms with E-state index in [-0.39, 0.29) is 0 Å². The zero-order chi connectivity index (χ0) is 13.5. The molecule has 0 amide bonds. The summed E-state index contributed by atoms with van der Waals surface area (Å²) in [6, 6.07) is 5.35. The number of amidine groups is 1. The Balaban J connectivity index is 1.97. The summed E-state index contributed by atoms with van der Waals surface area (Å²) < 4.78 is 10.5. The average molecular weight is 278 g/mol. The number of benzene rings is 1. The second-order valence-corrected chi connectivity index (χ2v) is 5.18. The summed E-state index contributed by atoms with van der Waals surface area (Å²) >= 11 is 1.51. The summed E-state index contributed by atoms with van der Waals surface area (Å²) in [6.45, 7) is 0.418.